The number of ether oxygens (including phenoxy) is 1. The van der Waals surface area contributed by atoms with Crippen LogP contribution in [-0.4, -0.2) is 49.5 Å². The first-order valence-electron chi connectivity index (χ1n) is 10.3. The first kappa shape index (κ1) is 22.6. The molecule has 4 rings (SSSR count). The first-order valence-corrected chi connectivity index (χ1v) is 12.6. The van der Waals surface area contributed by atoms with Gasteiger partial charge in [0.25, 0.3) is 5.91 Å². The van der Waals surface area contributed by atoms with Crippen molar-refractivity contribution in [3.8, 4) is 0 Å². The van der Waals surface area contributed by atoms with E-state index in [2.05, 4.69) is 23.7 Å². The van der Waals surface area contributed by atoms with Gasteiger partial charge in [-0.2, -0.15) is 9.30 Å². The molecule has 9 heteroatoms. The molecule has 0 unspecified atom stereocenters. The van der Waals surface area contributed by atoms with Gasteiger partial charge in [0.1, 0.15) is 0 Å². The number of aromatic nitrogens is 1. The Labute approximate surface area is 191 Å². The number of rotatable bonds is 5. The summed E-state index contributed by atoms with van der Waals surface area (Å²) in [6.07, 6.45) is 1.78. The average Bonchev–Trinajstić information content (AvgIpc) is 3.12. The summed E-state index contributed by atoms with van der Waals surface area (Å²) in [6, 6.07) is 10.1. The second-order valence-electron chi connectivity index (χ2n) is 7.67. The number of hydrogen-bond acceptors (Lipinski definition) is 5. The van der Waals surface area contributed by atoms with E-state index in [1.807, 2.05) is 18.4 Å². The van der Waals surface area contributed by atoms with E-state index in [-0.39, 0.29) is 4.90 Å². The number of carbonyl (C=O) groups excluding carboxylic acids is 1. The van der Waals surface area contributed by atoms with E-state index in [9.17, 15) is 13.2 Å². The van der Waals surface area contributed by atoms with Crippen molar-refractivity contribution in [2.75, 3.05) is 26.3 Å². The smallest absolute Gasteiger partial charge is 0.279 e. The molecule has 0 spiro atoms. The molecular weight excluding hydrogens is 446 g/mol. The molecular formula is C23H25N3O4S2. The SMILES string of the molecule is C=CCn1c(=NC(=O)c2ccc(S(=O)(=O)N3CCOCC3)cc2)sc2c(C)cc(C)cc21. The second kappa shape index (κ2) is 9.11. The van der Waals surface area contributed by atoms with Crippen LogP contribution in [0.1, 0.15) is 21.5 Å². The van der Waals surface area contributed by atoms with E-state index in [0.29, 0.717) is 43.2 Å². The van der Waals surface area contributed by atoms with Gasteiger partial charge in [-0.15, -0.1) is 6.58 Å². The first-order chi connectivity index (χ1) is 15.3. The Hall–Kier alpha value is -2.59. The molecule has 1 aliphatic rings. The molecule has 0 saturated carbocycles. The maximum absolute atomic E-state index is 12.9. The lowest BCUT2D eigenvalue weighted by Gasteiger charge is -2.26. The number of amides is 1. The van der Waals surface area contributed by atoms with Crippen molar-refractivity contribution in [2.45, 2.75) is 25.3 Å². The molecule has 0 aliphatic carbocycles. The molecule has 32 heavy (non-hydrogen) atoms. The Morgan fingerprint density at radius 1 is 1.19 bits per heavy atom. The number of fused-ring (bicyclic) bond motifs is 1. The zero-order chi connectivity index (χ0) is 22.9. The molecule has 1 saturated heterocycles. The Morgan fingerprint density at radius 2 is 1.88 bits per heavy atom. The number of morpholine rings is 1. The summed E-state index contributed by atoms with van der Waals surface area (Å²) in [6.45, 7) is 9.86. The minimum Gasteiger partial charge on any atom is -0.379 e. The van der Waals surface area contributed by atoms with Crippen molar-refractivity contribution in [1.29, 1.82) is 0 Å². The fourth-order valence-corrected chi connectivity index (χ4v) is 6.26. The summed E-state index contributed by atoms with van der Waals surface area (Å²) in [5.41, 5.74) is 3.63. The lowest BCUT2D eigenvalue weighted by molar-refractivity contribution is 0.0730. The number of nitrogens with zero attached hydrogens (tertiary/aromatic N) is 3. The highest BCUT2D eigenvalue weighted by molar-refractivity contribution is 7.89. The average molecular weight is 472 g/mol. The molecule has 168 valence electrons. The summed E-state index contributed by atoms with van der Waals surface area (Å²) in [5, 5.41) is 0. The minimum atomic E-state index is -3.61. The Morgan fingerprint density at radius 3 is 2.53 bits per heavy atom. The molecule has 0 atom stereocenters. The summed E-state index contributed by atoms with van der Waals surface area (Å²) >= 11 is 1.46. The molecule has 2 heterocycles. The van der Waals surface area contributed by atoms with E-state index in [1.165, 1.54) is 39.9 Å². The van der Waals surface area contributed by atoms with Crippen molar-refractivity contribution in [1.82, 2.24) is 8.87 Å². The van der Waals surface area contributed by atoms with E-state index in [4.69, 9.17) is 4.74 Å². The van der Waals surface area contributed by atoms with Crippen LogP contribution in [0.5, 0.6) is 0 Å². The van der Waals surface area contributed by atoms with Crippen LogP contribution in [0.15, 0.2) is 58.9 Å². The monoisotopic (exact) mass is 471 g/mol. The number of aryl methyl sites for hydroxylation is 2. The molecule has 1 amide bonds. The van der Waals surface area contributed by atoms with Gasteiger partial charge in [-0.25, -0.2) is 8.42 Å². The quantitative estimate of drug-likeness (QED) is 0.535. The van der Waals surface area contributed by atoms with Gasteiger partial charge >= 0.3 is 0 Å². The van der Waals surface area contributed by atoms with Crippen LogP contribution < -0.4 is 4.80 Å². The fourth-order valence-electron chi connectivity index (χ4n) is 3.76. The van der Waals surface area contributed by atoms with Crippen LogP contribution in [0.3, 0.4) is 0 Å². The maximum Gasteiger partial charge on any atom is 0.279 e. The van der Waals surface area contributed by atoms with Gasteiger partial charge in [0.15, 0.2) is 4.80 Å². The van der Waals surface area contributed by atoms with Crippen molar-refractivity contribution in [3.63, 3.8) is 0 Å². The number of hydrogen-bond donors (Lipinski definition) is 0. The van der Waals surface area contributed by atoms with Crippen LogP contribution in [-0.2, 0) is 21.3 Å². The Balaban J connectivity index is 1.68. The third-order valence-corrected chi connectivity index (χ3v) is 8.47. The third-order valence-electron chi connectivity index (χ3n) is 5.33. The maximum atomic E-state index is 12.9. The predicted molar refractivity (Wildman–Crippen MR) is 125 cm³/mol. The van der Waals surface area contributed by atoms with E-state index < -0.39 is 15.9 Å². The highest BCUT2D eigenvalue weighted by atomic mass is 32.2. The van der Waals surface area contributed by atoms with Gasteiger partial charge in [0.05, 0.1) is 28.3 Å². The zero-order valence-electron chi connectivity index (χ0n) is 18.1. The van der Waals surface area contributed by atoms with Crippen molar-refractivity contribution >= 4 is 37.5 Å². The van der Waals surface area contributed by atoms with Gasteiger partial charge in [0.2, 0.25) is 10.0 Å². The van der Waals surface area contributed by atoms with Crippen LogP contribution >= 0.6 is 11.3 Å². The highest BCUT2D eigenvalue weighted by Crippen LogP contribution is 2.24. The van der Waals surface area contributed by atoms with Gasteiger partial charge < -0.3 is 9.30 Å². The number of thiazole rings is 1. The molecule has 1 aliphatic heterocycles. The largest absolute Gasteiger partial charge is 0.379 e. The molecule has 0 bridgehead atoms. The van der Waals surface area contributed by atoms with Crippen LogP contribution in [0, 0.1) is 13.8 Å². The topological polar surface area (TPSA) is 81.0 Å². The van der Waals surface area contributed by atoms with E-state index in [1.54, 1.807) is 6.08 Å². The number of carbonyl (C=O) groups is 1. The van der Waals surface area contributed by atoms with Gasteiger partial charge in [0, 0.05) is 25.2 Å². The molecule has 7 nitrogen and oxygen atoms in total. The second-order valence-corrected chi connectivity index (χ2v) is 10.6. The van der Waals surface area contributed by atoms with Crippen LogP contribution in [0.2, 0.25) is 0 Å². The van der Waals surface area contributed by atoms with Crippen LogP contribution in [0.25, 0.3) is 10.2 Å². The third kappa shape index (κ3) is 4.33. The lowest BCUT2D eigenvalue weighted by Crippen LogP contribution is -2.40. The summed E-state index contributed by atoms with van der Waals surface area (Å²) in [7, 11) is -3.61. The molecule has 3 aromatic rings. The Bertz CT molecular complexity index is 1350. The zero-order valence-corrected chi connectivity index (χ0v) is 19.7. The minimum absolute atomic E-state index is 0.158. The van der Waals surface area contributed by atoms with E-state index >= 15 is 0 Å². The predicted octanol–water partition coefficient (Wildman–Crippen LogP) is 3.27. The fraction of sp³-hybridized carbons (Fsp3) is 0.304. The Kier molecular flexibility index (Phi) is 6.43. The van der Waals surface area contributed by atoms with Crippen molar-refractivity contribution in [3.05, 3.63) is 70.5 Å². The molecule has 1 fully saturated rings. The highest BCUT2D eigenvalue weighted by Gasteiger charge is 2.26. The normalized spacial score (nSPS) is 15.9. The summed E-state index contributed by atoms with van der Waals surface area (Å²) < 4.78 is 35.3. The molecule has 0 radical (unpaired) electrons. The van der Waals surface area contributed by atoms with Gasteiger partial charge in [-0.3, -0.25) is 4.79 Å². The molecule has 1 aromatic heterocycles. The lowest BCUT2D eigenvalue weighted by atomic mass is 10.1. The summed E-state index contributed by atoms with van der Waals surface area (Å²) in [5.74, 6) is -0.418. The van der Waals surface area contributed by atoms with E-state index in [0.717, 1.165) is 21.3 Å². The van der Waals surface area contributed by atoms with Gasteiger partial charge in [-0.05, 0) is 55.3 Å². The summed E-state index contributed by atoms with van der Waals surface area (Å²) in [4.78, 5) is 18.0. The van der Waals surface area contributed by atoms with Crippen LogP contribution in [0.4, 0.5) is 0 Å². The number of benzene rings is 2. The number of allylic oxidation sites excluding steroid dienone is 1. The molecule has 0 N–H and O–H groups in total. The van der Waals surface area contributed by atoms with Crippen molar-refractivity contribution in [2.24, 2.45) is 4.99 Å². The van der Waals surface area contributed by atoms with Gasteiger partial charge in [-0.1, -0.05) is 23.5 Å². The standard InChI is InChI=1S/C23H25N3O4S2/c1-4-9-26-20-15-16(2)14-17(3)21(20)31-23(26)24-22(27)18-5-7-19(8-6-18)32(28,29)25-10-12-30-13-11-25/h4-8,14-15H,1,9-13H2,2-3H3. The number of sulfonamides is 1. The molecule has 2 aromatic carbocycles. The van der Waals surface area contributed by atoms with Crippen molar-refractivity contribution < 1.29 is 17.9 Å².